The molecule has 0 heterocycles. The molecule has 0 bridgehead atoms. The zero-order valence-electron chi connectivity index (χ0n) is 12.1. The monoisotopic (exact) mass is 350 g/mol. The largest absolute Gasteiger partial charge is 0.422 e. The maximum atomic E-state index is 13.0. The summed E-state index contributed by atoms with van der Waals surface area (Å²) in [6, 6.07) is 14.4. The molecule has 0 spiro atoms. The predicted molar refractivity (Wildman–Crippen MR) is 85.4 cm³/mol. The van der Waals surface area contributed by atoms with Crippen LogP contribution < -0.4 is 4.74 Å². The van der Waals surface area contributed by atoms with Gasteiger partial charge >= 0.3 is 12.1 Å². The third kappa shape index (κ3) is 3.08. The Morgan fingerprint density at radius 1 is 0.875 bits per heavy atom. The van der Waals surface area contributed by atoms with Crippen LogP contribution in [0.3, 0.4) is 0 Å². The van der Waals surface area contributed by atoms with Crippen molar-refractivity contribution in [3.63, 3.8) is 0 Å². The molecule has 0 N–H and O–H groups in total. The van der Waals surface area contributed by atoms with Gasteiger partial charge in [-0.3, -0.25) is 0 Å². The molecule has 3 aromatic rings. The number of rotatable bonds is 2. The van der Waals surface area contributed by atoms with Crippen LogP contribution in [0.15, 0.2) is 60.7 Å². The van der Waals surface area contributed by atoms with Crippen LogP contribution in [0.25, 0.3) is 10.8 Å². The minimum atomic E-state index is -4.64. The van der Waals surface area contributed by atoms with E-state index in [0.29, 0.717) is 15.8 Å². The number of hydrogen-bond donors (Lipinski definition) is 0. The second-order valence-corrected chi connectivity index (χ2v) is 5.43. The molecule has 0 saturated heterocycles. The van der Waals surface area contributed by atoms with E-state index in [4.69, 9.17) is 16.3 Å². The number of carbonyl (C=O) groups excluding carboxylic acids is 1. The van der Waals surface area contributed by atoms with E-state index in [2.05, 4.69) is 0 Å². The van der Waals surface area contributed by atoms with Gasteiger partial charge in [0.1, 0.15) is 5.75 Å². The lowest BCUT2D eigenvalue weighted by molar-refractivity contribution is -0.138. The minimum absolute atomic E-state index is 0.150. The van der Waals surface area contributed by atoms with Crippen molar-refractivity contribution in [2.45, 2.75) is 6.18 Å². The van der Waals surface area contributed by atoms with Crippen LogP contribution in [0.5, 0.6) is 5.75 Å². The van der Waals surface area contributed by atoms with E-state index in [-0.39, 0.29) is 5.75 Å². The van der Waals surface area contributed by atoms with Crippen LogP contribution >= 0.6 is 11.6 Å². The van der Waals surface area contributed by atoms with E-state index in [1.165, 1.54) is 24.3 Å². The van der Waals surface area contributed by atoms with Crippen LogP contribution in [0.1, 0.15) is 15.9 Å². The second-order valence-electron chi connectivity index (χ2n) is 5.02. The standard InChI is InChI=1S/C18H10ClF3O2/c19-15-9-10-16(12-6-2-1-5-11(12)15)24-17(23)13-7-3-4-8-14(13)18(20,21)22/h1-10H. The molecule has 6 heteroatoms. The molecule has 3 aromatic carbocycles. The predicted octanol–water partition coefficient (Wildman–Crippen LogP) is 5.73. The highest BCUT2D eigenvalue weighted by Gasteiger charge is 2.35. The van der Waals surface area contributed by atoms with Gasteiger partial charge in [-0.25, -0.2) is 4.79 Å². The van der Waals surface area contributed by atoms with Crippen molar-refractivity contribution in [1.29, 1.82) is 0 Å². The molecule has 0 aromatic heterocycles. The van der Waals surface area contributed by atoms with Crippen LogP contribution in [-0.4, -0.2) is 5.97 Å². The van der Waals surface area contributed by atoms with Gasteiger partial charge in [0, 0.05) is 15.8 Å². The van der Waals surface area contributed by atoms with Crippen LogP contribution in [0.2, 0.25) is 5.02 Å². The molecular weight excluding hydrogens is 341 g/mol. The topological polar surface area (TPSA) is 26.3 Å². The summed E-state index contributed by atoms with van der Waals surface area (Å²) in [5.41, 5.74) is -1.57. The fraction of sp³-hybridized carbons (Fsp3) is 0.0556. The number of hydrogen-bond acceptors (Lipinski definition) is 2. The molecule has 3 rings (SSSR count). The molecular formula is C18H10ClF3O2. The number of carbonyl (C=O) groups is 1. The van der Waals surface area contributed by atoms with Crippen molar-refractivity contribution in [1.82, 2.24) is 0 Å². The van der Waals surface area contributed by atoms with Crippen molar-refractivity contribution in [3.8, 4) is 5.75 Å². The van der Waals surface area contributed by atoms with Gasteiger partial charge in [0.2, 0.25) is 0 Å². The third-order valence-corrected chi connectivity index (χ3v) is 3.82. The van der Waals surface area contributed by atoms with E-state index >= 15 is 0 Å². The summed E-state index contributed by atoms with van der Waals surface area (Å²) in [6.07, 6.45) is -4.64. The lowest BCUT2D eigenvalue weighted by atomic mass is 10.1. The zero-order valence-corrected chi connectivity index (χ0v) is 12.9. The number of esters is 1. The molecule has 2 nitrogen and oxygen atoms in total. The molecule has 0 unspecified atom stereocenters. The van der Waals surface area contributed by atoms with Crippen molar-refractivity contribution in [3.05, 3.63) is 76.8 Å². The van der Waals surface area contributed by atoms with Crippen molar-refractivity contribution in [2.75, 3.05) is 0 Å². The van der Waals surface area contributed by atoms with Gasteiger partial charge in [-0.05, 0) is 24.3 Å². The van der Waals surface area contributed by atoms with E-state index in [1.54, 1.807) is 24.3 Å². The van der Waals surface area contributed by atoms with E-state index in [1.807, 2.05) is 0 Å². The number of ether oxygens (including phenoxy) is 1. The Balaban J connectivity index is 2.02. The van der Waals surface area contributed by atoms with E-state index < -0.39 is 23.3 Å². The summed E-state index contributed by atoms with van der Waals surface area (Å²) in [6.45, 7) is 0. The first-order valence-corrected chi connectivity index (χ1v) is 7.31. The van der Waals surface area contributed by atoms with Crippen LogP contribution in [-0.2, 0) is 6.18 Å². The Hall–Kier alpha value is -2.53. The summed E-state index contributed by atoms with van der Waals surface area (Å²) < 4.78 is 44.3. The highest BCUT2D eigenvalue weighted by Crippen LogP contribution is 2.34. The molecule has 0 aliphatic carbocycles. The summed E-state index contributed by atoms with van der Waals surface area (Å²) >= 11 is 6.08. The Kier molecular flexibility index (Phi) is 4.20. The van der Waals surface area contributed by atoms with E-state index in [9.17, 15) is 18.0 Å². The lowest BCUT2D eigenvalue weighted by Crippen LogP contribution is -2.16. The first-order chi connectivity index (χ1) is 11.4. The number of alkyl halides is 3. The maximum Gasteiger partial charge on any atom is 0.417 e. The van der Waals surface area contributed by atoms with Gasteiger partial charge in [0.25, 0.3) is 0 Å². The van der Waals surface area contributed by atoms with Crippen LogP contribution in [0.4, 0.5) is 13.2 Å². The van der Waals surface area contributed by atoms with Crippen molar-refractivity contribution >= 4 is 28.3 Å². The van der Waals surface area contributed by atoms with Gasteiger partial charge in [-0.15, -0.1) is 0 Å². The second kappa shape index (κ2) is 6.17. The molecule has 0 atom stereocenters. The van der Waals surface area contributed by atoms with Gasteiger partial charge in [0.15, 0.2) is 0 Å². The highest BCUT2D eigenvalue weighted by atomic mass is 35.5. The van der Waals surface area contributed by atoms with Crippen molar-refractivity contribution < 1.29 is 22.7 Å². The van der Waals surface area contributed by atoms with Gasteiger partial charge in [-0.2, -0.15) is 13.2 Å². The molecule has 0 amide bonds. The van der Waals surface area contributed by atoms with Crippen LogP contribution in [0, 0.1) is 0 Å². The summed E-state index contributed by atoms with van der Waals surface area (Å²) in [7, 11) is 0. The Morgan fingerprint density at radius 2 is 1.50 bits per heavy atom. The summed E-state index contributed by atoms with van der Waals surface area (Å²) in [5, 5.41) is 1.65. The van der Waals surface area contributed by atoms with E-state index in [0.717, 1.165) is 12.1 Å². The molecule has 0 fully saturated rings. The first-order valence-electron chi connectivity index (χ1n) is 6.93. The van der Waals surface area contributed by atoms with Crippen molar-refractivity contribution in [2.24, 2.45) is 0 Å². The molecule has 24 heavy (non-hydrogen) atoms. The third-order valence-electron chi connectivity index (χ3n) is 3.49. The fourth-order valence-corrected chi connectivity index (χ4v) is 2.61. The first kappa shape index (κ1) is 16.3. The Labute approximate surface area is 140 Å². The molecule has 0 saturated carbocycles. The smallest absolute Gasteiger partial charge is 0.417 e. The quantitative estimate of drug-likeness (QED) is 0.435. The summed E-state index contributed by atoms with van der Waals surface area (Å²) in [5.74, 6) is -0.924. The Bertz CT molecular complexity index is 920. The lowest BCUT2D eigenvalue weighted by Gasteiger charge is -2.13. The van der Waals surface area contributed by atoms with Gasteiger partial charge < -0.3 is 4.74 Å². The van der Waals surface area contributed by atoms with Gasteiger partial charge in [-0.1, -0.05) is 48.0 Å². The SMILES string of the molecule is O=C(Oc1ccc(Cl)c2ccccc12)c1ccccc1C(F)(F)F. The average molecular weight is 351 g/mol. The molecule has 122 valence electrons. The number of halogens is 4. The fourth-order valence-electron chi connectivity index (χ4n) is 2.39. The highest BCUT2D eigenvalue weighted by molar-refractivity contribution is 6.35. The number of benzene rings is 3. The summed E-state index contributed by atoms with van der Waals surface area (Å²) in [4.78, 5) is 12.3. The normalized spacial score (nSPS) is 11.5. The zero-order chi connectivity index (χ0) is 17.3. The molecule has 0 radical (unpaired) electrons. The molecule has 0 aliphatic heterocycles. The maximum absolute atomic E-state index is 13.0. The van der Waals surface area contributed by atoms with Gasteiger partial charge in [0.05, 0.1) is 11.1 Å². The minimum Gasteiger partial charge on any atom is -0.422 e. The number of fused-ring (bicyclic) bond motifs is 1. The average Bonchev–Trinajstić information content (AvgIpc) is 2.57. The Morgan fingerprint density at radius 3 is 2.21 bits per heavy atom. The molecule has 0 aliphatic rings.